The van der Waals surface area contributed by atoms with Crippen molar-refractivity contribution < 1.29 is 22.4 Å². The van der Waals surface area contributed by atoms with Crippen LogP contribution in [0.4, 0.5) is 4.39 Å². The van der Waals surface area contributed by atoms with Crippen molar-refractivity contribution in [1.82, 2.24) is 9.80 Å². The van der Waals surface area contributed by atoms with Gasteiger partial charge in [-0.3, -0.25) is 9.59 Å². The molecule has 6 nitrogen and oxygen atoms in total. The number of benzene rings is 3. The maximum atomic E-state index is 14.2. The van der Waals surface area contributed by atoms with Gasteiger partial charge >= 0.3 is 0 Å². The first kappa shape index (κ1) is 26.1. The highest BCUT2D eigenvalue weighted by Gasteiger charge is 2.54. The minimum absolute atomic E-state index is 0.0275. The molecule has 3 aromatic carbocycles. The second-order valence-corrected chi connectivity index (χ2v) is 12.6. The fourth-order valence-corrected chi connectivity index (χ4v) is 6.09. The van der Waals surface area contributed by atoms with Gasteiger partial charge < -0.3 is 9.80 Å². The number of amides is 2. The Balaban J connectivity index is 1.14. The molecule has 1 spiro atoms. The van der Waals surface area contributed by atoms with E-state index in [1.165, 1.54) is 24.5 Å². The second-order valence-electron chi connectivity index (χ2n) is 10.6. The largest absolute Gasteiger partial charge is 0.337 e. The molecule has 2 amide bonds. The molecule has 5 rings (SSSR count). The van der Waals surface area contributed by atoms with Crippen LogP contribution in [0.25, 0.3) is 11.1 Å². The fraction of sp³-hybridized carbons (Fsp3) is 0.333. The first-order valence-electron chi connectivity index (χ1n) is 12.9. The van der Waals surface area contributed by atoms with Crippen molar-refractivity contribution in [3.05, 3.63) is 89.2 Å². The normalized spacial score (nSPS) is 16.2. The van der Waals surface area contributed by atoms with E-state index in [1.54, 1.807) is 9.80 Å². The summed E-state index contributed by atoms with van der Waals surface area (Å²) in [6.07, 6.45) is 4.38. The van der Waals surface area contributed by atoms with E-state index < -0.39 is 20.5 Å². The monoisotopic (exact) mass is 534 g/mol. The Kier molecular flexibility index (Phi) is 6.86. The zero-order valence-corrected chi connectivity index (χ0v) is 22.4. The van der Waals surface area contributed by atoms with Gasteiger partial charge in [0.05, 0.1) is 0 Å². The predicted octanol–water partition coefficient (Wildman–Crippen LogP) is 4.84. The highest BCUT2D eigenvalue weighted by atomic mass is 32.2. The lowest BCUT2D eigenvalue weighted by atomic mass is 9.72. The molecular weight excluding hydrogens is 503 g/mol. The maximum absolute atomic E-state index is 14.2. The van der Waals surface area contributed by atoms with E-state index in [4.69, 9.17) is 0 Å². The van der Waals surface area contributed by atoms with E-state index in [0.29, 0.717) is 31.7 Å². The number of unbranched alkanes of at least 4 members (excludes halogenated alkanes) is 1. The summed E-state index contributed by atoms with van der Waals surface area (Å²) in [5, 5.41) is 0. The first-order chi connectivity index (χ1) is 18.1. The van der Waals surface area contributed by atoms with Gasteiger partial charge in [0, 0.05) is 49.0 Å². The molecule has 2 aliphatic heterocycles. The molecule has 198 valence electrons. The van der Waals surface area contributed by atoms with Gasteiger partial charge in [-0.1, -0.05) is 49.7 Å². The van der Waals surface area contributed by atoms with Gasteiger partial charge in [-0.15, -0.1) is 0 Å². The zero-order valence-electron chi connectivity index (χ0n) is 21.6. The lowest BCUT2D eigenvalue weighted by Crippen LogP contribution is -2.73. The first-order valence-corrected chi connectivity index (χ1v) is 14.8. The SMILES string of the molecule is CCCCc1ccc(-c2ccc(C(=O)N3CC4(C3)CN(C(=O)c3ccc(S(C)(=O)=O)c(F)c3)C4)cc2)cc1. The highest BCUT2D eigenvalue weighted by Crippen LogP contribution is 2.41. The number of hydrogen-bond donors (Lipinski definition) is 0. The van der Waals surface area contributed by atoms with E-state index >= 15 is 0 Å². The summed E-state index contributed by atoms with van der Waals surface area (Å²) in [7, 11) is -3.70. The van der Waals surface area contributed by atoms with Crippen LogP contribution in [-0.4, -0.2) is 62.5 Å². The molecule has 0 atom stereocenters. The third-order valence-electron chi connectivity index (χ3n) is 7.50. The van der Waals surface area contributed by atoms with Crippen LogP contribution >= 0.6 is 0 Å². The predicted molar refractivity (Wildman–Crippen MR) is 144 cm³/mol. The number of carbonyl (C=O) groups excluding carboxylic acids is 2. The van der Waals surface area contributed by atoms with Crippen LogP contribution in [0.2, 0.25) is 0 Å². The van der Waals surface area contributed by atoms with E-state index in [1.807, 2.05) is 24.3 Å². The van der Waals surface area contributed by atoms with E-state index in [2.05, 4.69) is 31.2 Å². The molecule has 0 saturated carbocycles. The van der Waals surface area contributed by atoms with Gasteiger partial charge in [-0.25, -0.2) is 12.8 Å². The summed E-state index contributed by atoms with van der Waals surface area (Å²) in [4.78, 5) is 28.7. The summed E-state index contributed by atoms with van der Waals surface area (Å²) in [5.74, 6) is -1.29. The molecule has 0 bridgehead atoms. The topological polar surface area (TPSA) is 74.8 Å². The summed E-state index contributed by atoms with van der Waals surface area (Å²) < 4.78 is 37.4. The summed E-state index contributed by atoms with van der Waals surface area (Å²) in [6.45, 7) is 4.29. The molecule has 8 heteroatoms. The average molecular weight is 535 g/mol. The number of hydrogen-bond acceptors (Lipinski definition) is 4. The third-order valence-corrected chi connectivity index (χ3v) is 8.63. The average Bonchev–Trinajstić information content (AvgIpc) is 2.85. The molecule has 0 N–H and O–H groups in total. The number of nitrogens with zero attached hydrogens (tertiary/aromatic N) is 2. The Labute approximate surface area is 223 Å². The number of halogens is 1. The molecule has 0 aliphatic carbocycles. The fourth-order valence-electron chi connectivity index (χ4n) is 5.36. The number of likely N-dealkylation sites (tertiary alicyclic amines) is 2. The Bertz CT molecular complexity index is 1470. The van der Waals surface area contributed by atoms with E-state index in [9.17, 15) is 22.4 Å². The minimum atomic E-state index is -3.70. The van der Waals surface area contributed by atoms with Crippen molar-refractivity contribution in [3.63, 3.8) is 0 Å². The summed E-state index contributed by atoms with van der Waals surface area (Å²) in [6, 6.07) is 19.7. The zero-order chi connectivity index (χ0) is 27.1. The Morgan fingerprint density at radius 2 is 1.32 bits per heavy atom. The van der Waals surface area contributed by atoms with Crippen molar-refractivity contribution in [3.8, 4) is 11.1 Å². The summed E-state index contributed by atoms with van der Waals surface area (Å²) in [5.41, 5.74) is 4.15. The quantitative estimate of drug-likeness (QED) is 0.435. The molecule has 3 aromatic rings. The standard InChI is InChI=1S/C30H31FN2O4S/c1-3-4-5-21-6-8-22(9-7-21)23-10-12-24(13-11-23)28(34)32-17-30(18-32)19-33(20-30)29(35)25-14-15-27(26(31)16-25)38(2,36)37/h6-16H,3-5,17-20H2,1-2H3. The van der Waals surface area contributed by atoms with Crippen molar-refractivity contribution in [2.45, 2.75) is 31.1 Å². The van der Waals surface area contributed by atoms with Gasteiger partial charge in [0.25, 0.3) is 11.8 Å². The van der Waals surface area contributed by atoms with Gasteiger partial charge in [-0.2, -0.15) is 0 Å². The molecule has 2 saturated heterocycles. The highest BCUT2D eigenvalue weighted by molar-refractivity contribution is 7.90. The van der Waals surface area contributed by atoms with E-state index in [0.717, 1.165) is 35.9 Å². The number of aryl methyl sites for hydroxylation is 1. The van der Waals surface area contributed by atoms with Gasteiger partial charge in [0.1, 0.15) is 10.7 Å². The Hall–Kier alpha value is -3.52. The van der Waals surface area contributed by atoms with Crippen molar-refractivity contribution >= 4 is 21.7 Å². The van der Waals surface area contributed by atoms with Crippen LogP contribution in [0.3, 0.4) is 0 Å². The smallest absolute Gasteiger partial charge is 0.254 e. The van der Waals surface area contributed by atoms with Crippen LogP contribution in [0.5, 0.6) is 0 Å². The molecule has 0 radical (unpaired) electrons. The lowest BCUT2D eigenvalue weighted by Gasteiger charge is -2.60. The lowest BCUT2D eigenvalue weighted by molar-refractivity contribution is -0.0822. The van der Waals surface area contributed by atoms with Crippen LogP contribution in [-0.2, 0) is 16.3 Å². The van der Waals surface area contributed by atoms with Crippen molar-refractivity contribution in [1.29, 1.82) is 0 Å². The molecule has 38 heavy (non-hydrogen) atoms. The van der Waals surface area contributed by atoms with Gasteiger partial charge in [-0.05, 0) is 59.9 Å². The molecule has 2 aliphatic rings. The minimum Gasteiger partial charge on any atom is -0.337 e. The van der Waals surface area contributed by atoms with Crippen LogP contribution < -0.4 is 0 Å². The molecule has 0 unspecified atom stereocenters. The second kappa shape index (κ2) is 9.98. The number of sulfone groups is 1. The molecular formula is C30H31FN2O4S. The molecule has 2 heterocycles. The van der Waals surface area contributed by atoms with Crippen molar-refractivity contribution in [2.24, 2.45) is 5.41 Å². The van der Waals surface area contributed by atoms with Crippen LogP contribution in [0, 0.1) is 11.2 Å². The Morgan fingerprint density at radius 1 is 0.816 bits per heavy atom. The third kappa shape index (κ3) is 5.10. The summed E-state index contributed by atoms with van der Waals surface area (Å²) >= 11 is 0. The van der Waals surface area contributed by atoms with Gasteiger partial charge in [0.2, 0.25) is 0 Å². The van der Waals surface area contributed by atoms with Gasteiger partial charge in [0.15, 0.2) is 9.84 Å². The molecule has 2 fully saturated rings. The molecule has 0 aromatic heterocycles. The maximum Gasteiger partial charge on any atom is 0.254 e. The van der Waals surface area contributed by atoms with Crippen molar-refractivity contribution in [2.75, 3.05) is 32.4 Å². The Morgan fingerprint density at radius 3 is 1.82 bits per heavy atom. The number of carbonyl (C=O) groups is 2. The van der Waals surface area contributed by atoms with Crippen LogP contribution in [0.1, 0.15) is 46.0 Å². The number of rotatable bonds is 7. The van der Waals surface area contributed by atoms with Crippen LogP contribution in [0.15, 0.2) is 71.6 Å². The van der Waals surface area contributed by atoms with E-state index in [-0.39, 0.29) is 22.8 Å².